The molecule has 0 spiro atoms. The molecule has 3 rings (SSSR count). The van der Waals surface area contributed by atoms with E-state index in [-0.39, 0.29) is 0 Å². The fourth-order valence-corrected chi connectivity index (χ4v) is 3.23. The van der Waals surface area contributed by atoms with Crippen molar-refractivity contribution in [2.24, 2.45) is 0 Å². The van der Waals surface area contributed by atoms with Gasteiger partial charge in [-0.3, -0.25) is 4.90 Å². The third-order valence-corrected chi connectivity index (χ3v) is 4.40. The van der Waals surface area contributed by atoms with Gasteiger partial charge < -0.3 is 9.64 Å². The largest absolute Gasteiger partial charge is 0.378 e. The highest BCUT2D eigenvalue weighted by molar-refractivity contribution is 5.48. The number of benzene rings is 1. The molecule has 0 amide bonds. The quantitative estimate of drug-likeness (QED) is 0.783. The summed E-state index contributed by atoms with van der Waals surface area (Å²) in [5, 5.41) is 0. The minimum Gasteiger partial charge on any atom is -0.378 e. The summed E-state index contributed by atoms with van der Waals surface area (Å²) in [6.07, 6.45) is 3.27. The van der Waals surface area contributed by atoms with Crippen molar-refractivity contribution in [2.45, 2.75) is 12.3 Å². The topological polar surface area (TPSA) is 15.7 Å². The second kappa shape index (κ2) is 6.42. The zero-order chi connectivity index (χ0) is 13.8. The van der Waals surface area contributed by atoms with Gasteiger partial charge >= 0.3 is 0 Å². The molecule has 1 unspecified atom stereocenters. The van der Waals surface area contributed by atoms with Crippen molar-refractivity contribution >= 4 is 5.69 Å². The minimum absolute atomic E-state index is 0.689. The molecule has 0 bridgehead atoms. The molecular weight excluding hydrogens is 248 g/mol. The third-order valence-electron chi connectivity index (χ3n) is 4.40. The third kappa shape index (κ3) is 3.05. The number of rotatable bonds is 4. The van der Waals surface area contributed by atoms with E-state index in [9.17, 15) is 0 Å². The van der Waals surface area contributed by atoms with Gasteiger partial charge in [0.1, 0.15) is 0 Å². The second-order valence-corrected chi connectivity index (χ2v) is 5.72. The van der Waals surface area contributed by atoms with Crippen LogP contribution in [-0.4, -0.2) is 50.8 Å². The van der Waals surface area contributed by atoms with E-state index >= 15 is 0 Å². The number of morpholine rings is 1. The van der Waals surface area contributed by atoms with E-state index in [1.807, 2.05) is 6.08 Å². The highest BCUT2D eigenvalue weighted by Crippen LogP contribution is 2.28. The van der Waals surface area contributed by atoms with Crippen molar-refractivity contribution in [3.8, 4) is 0 Å². The first kappa shape index (κ1) is 13.7. The van der Waals surface area contributed by atoms with Crippen LogP contribution in [0.2, 0.25) is 0 Å². The fraction of sp³-hybridized carbons (Fsp3) is 0.529. The molecule has 2 heterocycles. The lowest BCUT2D eigenvalue weighted by Crippen LogP contribution is -2.36. The molecule has 1 aromatic rings. The van der Waals surface area contributed by atoms with Crippen LogP contribution in [0.4, 0.5) is 5.69 Å². The molecule has 0 radical (unpaired) electrons. The summed E-state index contributed by atoms with van der Waals surface area (Å²) >= 11 is 0. The van der Waals surface area contributed by atoms with Crippen LogP contribution in [0.1, 0.15) is 17.9 Å². The van der Waals surface area contributed by atoms with Crippen molar-refractivity contribution in [1.82, 2.24) is 4.90 Å². The van der Waals surface area contributed by atoms with E-state index < -0.39 is 0 Å². The molecule has 0 saturated carbocycles. The average molecular weight is 272 g/mol. The second-order valence-electron chi connectivity index (χ2n) is 5.72. The first-order valence-electron chi connectivity index (χ1n) is 7.63. The number of hydrogen-bond donors (Lipinski definition) is 0. The summed E-state index contributed by atoms with van der Waals surface area (Å²) < 4.78 is 5.41. The Balaban J connectivity index is 1.62. The van der Waals surface area contributed by atoms with Gasteiger partial charge in [0, 0.05) is 31.9 Å². The Hall–Kier alpha value is -1.32. The minimum atomic E-state index is 0.689. The summed E-state index contributed by atoms with van der Waals surface area (Å²) in [5.74, 6) is 0.689. The Morgan fingerprint density at radius 1 is 1.15 bits per heavy atom. The maximum absolute atomic E-state index is 5.41. The summed E-state index contributed by atoms with van der Waals surface area (Å²) in [5.41, 5.74) is 2.81. The zero-order valence-electron chi connectivity index (χ0n) is 12.1. The van der Waals surface area contributed by atoms with Crippen LogP contribution < -0.4 is 4.90 Å². The van der Waals surface area contributed by atoms with Crippen molar-refractivity contribution < 1.29 is 4.74 Å². The standard InChI is InChI=1S/C17H24N2O/c1-2-8-18-9-7-16(14-18)15-3-5-17(6-4-15)19-10-12-20-13-11-19/h2-6,16H,1,7-14H2. The van der Waals surface area contributed by atoms with Crippen LogP contribution in [0, 0.1) is 0 Å². The van der Waals surface area contributed by atoms with Crippen molar-refractivity contribution in [3.05, 3.63) is 42.5 Å². The molecule has 2 aliphatic rings. The van der Waals surface area contributed by atoms with Gasteiger partial charge in [-0.2, -0.15) is 0 Å². The lowest BCUT2D eigenvalue weighted by atomic mass is 9.98. The summed E-state index contributed by atoms with van der Waals surface area (Å²) in [6, 6.07) is 9.17. The van der Waals surface area contributed by atoms with E-state index in [2.05, 4.69) is 40.6 Å². The molecule has 0 aliphatic carbocycles. The van der Waals surface area contributed by atoms with Crippen LogP contribution >= 0.6 is 0 Å². The Labute approximate surface area is 121 Å². The number of likely N-dealkylation sites (tertiary alicyclic amines) is 1. The first-order chi connectivity index (χ1) is 9.86. The maximum Gasteiger partial charge on any atom is 0.0642 e. The van der Waals surface area contributed by atoms with Crippen LogP contribution in [0.3, 0.4) is 0 Å². The van der Waals surface area contributed by atoms with Crippen LogP contribution in [0.5, 0.6) is 0 Å². The van der Waals surface area contributed by atoms with Crippen molar-refractivity contribution in [3.63, 3.8) is 0 Å². The number of ether oxygens (including phenoxy) is 1. The van der Waals surface area contributed by atoms with E-state index in [1.54, 1.807) is 0 Å². The highest BCUT2D eigenvalue weighted by atomic mass is 16.5. The molecule has 2 aliphatic heterocycles. The summed E-state index contributed by atoms with van der Waals surface area (Å²) in [7, 11) is 0. The maximum atomic E-state index is 5.41. The van der Waals surface area contributed by atoms with Crippen LogP contribution in [0.15, 0.2) is 36.9 Å². The Morgan fingerprint density at radius 2 is 1.90 bits per heavy atom. The molecule has 0 aromatic heterocycles. The SMILES string of the molecule is C=CCN1CCC(c2ccc(N3CCOCC3)cc2)C1. The average Bonchev–Trinajstić information content (AvgIpc) is 2.97. The smallest absolute Gasteiger partial charge is 0.0642 e. The van der Waals surface area contributed by atoms with Crippen molar-refractivity contribution in [2.75, 3.05) is 50.8 Å². The molecule has 2 fully saturated rings. The number of hydrogen-bond acceptors (Lipinski definition) is 3. The fourth-order valence-electron chi connectivity index (χ4n) is 3.23. The predicted octanol–water partition coefficient (Wildman–Crippen LogP) is 2.50. The molecule has 2 saturated heterocycles. The van der Waals surface area contributed by atoms with Gasteiger partial charge in [0.25, 0.3) is 0 Å². The molecular formula is C17H24N2O. The van der Waals surface area contributed by atoms with Gasteiger partial charge in [-0.25, -0.2) is 0 Å². The van der Waals surface area contributed by atoms with Gasteiger partial charge in [0.2, 0.25) is 0 Å². The zero-order valence-corrected chi connectivity index (χ0v) is 12.1. The lowest BCUT2D eigenvalue weighted by molar-refractivity contribution is 0.122. The van der Waals surface area contributed by atoms with Gasteiger partial charge in [0.15, 0.2) is 0 Å². The summed E-state index contributed by atoms with van der Waals surface area (Å²) in [4.78, 5) is 4.89. The van der Waals surface area contributed by atoms with Gasteiger partial charge in [0.05, 0.1) is 13.2 Å². The number of anilines is 1. The van der Waals surface area contributed by atoms with E-state index in [1.165, 1.54) is 30.8 Å². The van der Waals surface area contributed by atoms with Crippen molar-refractivity contribution in [1.29, 1.82) is 0 Å². The lowest BCUT2D eigenvalue weighted by Gasteiger charge is -2.29. The highest BCUT2D eigenvalue weighted by Gasteiger charge is 2.23. The van der Waals surface area contributed by atoms with E-state index in [4.69, 9.17) is 4.74 Å². The molecule has 1 aromatic carbocycles. The van der Waals surface area contributed by atoms with Gasteiger partial charge in [-0.15, -0.1) is 6.58 Å². The van der Waals surface area contributed by atoms with Crippen LogP contribution in [-0.2, 0) is 4.74 Å². The Morgan fingerprint density at radius 3 is 2.60 bits per heavy atom. The Bertz CT molecular complexity index is 437. The van der Waals surface area contributed by atoms with E-state index in [0.29, 0.717) is 5.92 Å². The molecule has 3 nitrogen and oxygen atoms in total. The molecule has 20 heavy (non-hydrogen) atoms. The van der Waals surface area contributed by atoms with Crippen LogP contribution in [0.25, 0.3) is 0 Å². The molecule has 0 N–H and O–H groups in total. The predicted molar refractivity (Wildman–Crippen MR) is 83.5 cm³/mol. The number of nitrogens with zero attached hydrogens (tertiary/aromatic N) is 2. The first-order valence-corrected chi connectivity index (χ1v) is 7.63. The summed E-state index contributed by atoms with van der Waals surface area (Å²) in [6.45, 7) is 10.9. The Kier molecular flexibility index (Phi) is 4.38. The molecule has 108 valence electrons. The van der Waals surface area contributed by atoms with Gasteiger partial charge in [-0.1, -0.05) is 18.2 Å². The van der Waals surface area contributed by atoms with Gasteiger partial charge in [-0.05, 0) is 36.6 Å². The van der Waals surface area contributed by atoms with E-state index in [0.717, 1.165) is 32.8 Å². The molecule has 1 atom stereocenters. The normalized spacial score (nSPS) is 24.0. The molecule has 3 heteroatoms. The monoisotopic (exact) mass is 272 g/mol.